The molecule has 0 aliphatic heterocycles. The van der Waals surface area contributed by atoms with Crippen LogP contribution in [0.25, 0.3) is 0 Å². The van der Waals surface area contributed by atoms with Crippen LogP contribution in [0, 0.1) is 11.3 Å². The van der Waals surface area contributed by atoms with Gasteiger partial charge in [0.2, 0.25) is 0 Å². The van der Waals surface area contributed by atoms with E-state index >= 15 is 0 Å². The van der Waals surface area contributed by atoms with Gasteiger partial charge in [-0.2, -0.15) is 5.26 Å². The number of hydrogen-bond acceptors (Lipinski definition) is 3. The van der Waals surface area contributed by atoms with Gasteiger partial charge >= 0.3 is 0 Å². The lowest BCUT2D eigenvalue weighted by atomic mass is 10.2. The topological polar surface area (TPSA) is 53.0 Å². The summed E-state index contributed by atoms with van der Waals surface area (Å²) in [5.74, 6) is 0. The van der Waals surface area contributed by atoms with E-state index in [9.17, 15) is 0 Å². The maximum atomic E-state index is 8.54. The predicted molar refractivity (Wildman–Crippen MR) is 61.0 cm³/mol. The van der Waals surface area contributed by atoms with Crippen molar-refractivity contribution in [2.75, 3.05) is 19.6 Å². The molecule has 0 atom stereocenters. The third kappa shape index (κ3) is 4.59. The molecule has 3 heteroatoms. The zero-order valence-electron chi connectivity index (χ0n) is 8.89. The molecule has 1 aromatic rings. The van der Waals surface area contributed by atoms with Crippen molar-refractivity contribution in [3.05, 3.63) is 35.9 Å². The molecule has 0 amide bonds. The largest absolute Gasteiger partial charge is 0.329 e. The highest BCUT2D eigenvalue weighted by molar-refractivity contribution is 5.14. The molecule has 0 aliphatic carbocycles. The van der Waals surface area contributed by atoms with Crippen LogP contribution in [0.3, 0.4) is 0 Å². The van der Waals surface area contributed by atoms with Gasteiger partial charge in [0.05, 0.1) is 6.07 Å². The quantitative estimate of drug-likeness (QED) is 0.759. The van der Waals surface area contributed by atoms with Crippen LogP contribution in [0.15, 0.2) is 30.3 Å². The Bertz CT molecular complexity index is 302. The summed E-state index contributed by atoms with van der Waals surface area (Å²) < 4.78 is 0. The molecule has 15 heavy (non-hydrogen) atoms. The van der Waals surface area contributed by atoms with Gasteiger partial charge in [-0.15, -0.1) is 0 Å². The predicted octanol–water partition coefficient (Wildman–Crippen LogP) is 1.36. The van der Waals surface area contributed by atoms with Crippen LogP contribution < -0.4 is 5.73 Å². The molecule has 0 saturated carbocycles. The molecule has 1 rings (SSSR count). The molecule has 0 aromatic heterocycles. The van der Waals surface area contributed by atoms with E-state index in [1.165, 1.54) is 5.56 Å². The maximum absolute atomic E-state index is 8.54. The smallest absolute Gasteiger partial charge is 0.0635 e. The average molecular weight is 203 g/mol. The van der Waals surface area contributed by atoms with Crippen molar-refractivity contribution in [3.8, 4) is 6.07 Å². The van der Waals surface area contributed by atoms with Gasteiger partial charge < -0.3 is 5.73 Å². The molecule has 0 fully saturated rings. The molecule has 0 unspecified atom stereocenters. The van der Waals surface area contributed by atoms with Crippen molar-refractivity contribution in [1.82, 2.24) is 4.90 Å². The van der Waals surface area contributed by atoms with E-state index in [2.05, 4.69) is 23.1 Å². The van der Waals surface area contributed by atoms with Crippen LogP contribution in [0.5, 0.6) is 0 Å². The molecule has 0 spiro atoms. The van der Waals surface area contributed by atoms with Crippen LogP contribution >= 0.6 is 0 Å². The van der Waals surface area contributed by atoms with Gasteiger partial charge in [0.15, 0.2) is 0 Å². The van der Waals surface area contributed by atoms with Crippen LogP contribution in [-0.2, 0) is 6.54 Å². The van der Waals surface area contributed by atoms with Crippen LogP contribution in [-0.4, -0.2) is 24.5 Å². The molecular weight excluding hydrogens is 186 g/mol. The SMILES string of the molecule is N#CCCN(CCN)Cc1ccccc1. The lowest BCUT2D eigenvalue weighted by Crippen LogP contribution is -2.29. The molecule has 2 N–H and O–H groups in total. The van der Waals surface area contributed by atoms with Gasteiger partial charge in [0.1, 0.15) is 0 Å². The Hall–Kier alpha value is -1.37. The molecule has 0 bridgehead atoms. The van der Waals surface area contributed by atoms with Crippen molar-refractivity contribution in [2.45, 2.75) is 13.0 Å². The summed E-state index contributed by atoms with van der Waals surface area (Å²) in [6.07, 6.45) is 0.562. The van der Waals surface area contributed by atoms with Crippen molar-refractivity contribution < 1.29 is 0 Å². The lowest BCUT2D eigenvalue weighted by Gasteiger charge is -2.20. The molecular formula is C12H17N3. The fourth-order valence-corrected chi connectivity index (χ4v) is 1.50. The Labute approximate surface area is 91.1 Å². The number of rotatable bonds is 6. The molecule has 3 nitrogen and oxygen atoms in total. The monoisotopic (exact) mass is 203 g/mol. The van der Waals surface area contributed by atoms with E-state index in [0.717, 1.165) is 19.6 Å². The van der Waals surface area contributed by atoms with Crippen molar-refractivity contribution >= 4 is 0 Å². The Kier molecular flexibility index (Phi) is 5.46. The Balaban J connectivity index is 2.47. The molecule has 0 heterocycles. The minimum Gasteiger partial charge on any atom is -0.329 e. The van der Waals surface area contributed by atoms with Crippen molar-refractivity contribution in [1.29, 1.82) is 5.26 Å². The third-order valence-electron chi connectivity index (χ3n) is 2.23. The van der Waals surface area contributed by atoms with Gasteiger partial charge in [-0.3, -0.25) is 4.90 Å². The second-order valence-electron chi connectivity index (χ2n) is 3.46. The first-order valence-corrected chi connectivity index (χ1v) is 5.20. The van der Waals surface area contributed by atoms with Gasteiger partial charge in [0, 0.05) is 32.6 Å². The second kappa shape index (κ2) is 6.99. The Morgan fingerprint density at radius 2 is 1.93 bits per heavy atom. The average Bonchev–Trinajstić information content (AvgIpc) is 2.28. The summed E-state index contributed by atoms with van der Waals surface area (Å²) in [4.78, 5) is 2.21. The first-order valence-electron chi connectivity index (χ1n) is 5.20. The summed E-state index contributed by atoms with van der Waals surface area (Å²) in [5.41, 5.74) is 6.80. The van der Waals surface area contributed by atoms with E-state index in [1.54, 1.807) is 0 Å². The molecule has 1 aromatic carbocycles. The van der Waals surface area contributed by atoms with Crippen LogP contribution in [0.2, 0.25) is 0 Å². The summed E-state index contributed by atoms with van der Waals surface area (Å²) in [6, 6.07) is 12.4. The summed E-state index contributed by atoms with van der Waals surface area (Å²) in [6.45, 7) is 3.15. The van der Waals surface area contributed by atoms with Gasteiger partial charge in [-0.25, -0.2) is 0 Å². The van der Waals surface area contributed by atoms with E-state index in [4.69, 9.17) is 11.0 Å². The zero-order chi connectivity index (χ0) is 10.9. The highest BCUT2D eigenvalue weighted by Crippen LogP contribution is 2.04. The van der Waals surface area contributed by atoms with E-state index in [1.807, 2.05) is 18.2 Å². The number of benzene rings is 1. The summed E-state index contributed by atoms with van der Waals surface area (Å²) in [5, 5.41) is 8.54. The lowest BCUT2D eigenvalue weighted by molar-refractivity contribution is 0.279. The molecule has 0 radical (unpaired) electrons. The minimum absolute atomic E-state index is 0.562. The number of nitrogens with two attached hydrogens (primary N) is 1. The van der Waals surface area contributed by atoms with Crippen molar-refractivity contribution in [2.24, 2.45) is 5.73 Å². The maximum Gasteiger partial charge on any atom is 0.0635 e. The first kappa shape index (κ1) is 11.7. The normalized spacial score (nSPS) is 10.2. The molecule has 80 valence electrons. The number of nitrogens with zero attached hydrogens (tertiary/aromatic N) is 2. The summed E-state index contributed by atoms with van der Waals surface area (Å²) >= 11 is 0. The van der Waals surface area contributed by atoms with E-state index in [-0.39, 0.29) is 0 Å². The molecule has 0 saturated heterocycles. The van der Waals surface area contributed by atoms with E-state index < -0.39 is 0 Å². The standard InChI is InChI=1S/C12H17N3/c13-7-4-9-15(10-8-14)11-12-5-2-1-3-6-12/h1-3,5-6H,4,8-11,14H2. The van der Waals surface area contributed by atoms with Crippen molar-refractivity contribution in [3.63, 3.8) is 0 Å². The van der Waals surface area contributed by atoms with Crippen LogP contribution in [0.4, 0.5) is 0 Å². The highest BCUT2D eigenvalue weighted by Gasteiger charge is 2.03. The fraction of sp³-hybridized carbons (Fsp3) is 0.417. The Morgan fingerprint density at radius 3 is 2.53 bits per heavy atom. The zero-order valence-corrected chi connectivity index (χ0v) is 8.89. The van der Waals surface area contributed by atoms with Crippen LogP contribution in [0.1, 0.15) is 12.0 Å². The van der Waals surface area contributed by atoms with Gasteiger partial charge in [0.25, 0.3) is 0 Å². The minimum atomic E-state index is 0.562. The van der Waals surface area contributed by atoms with Gasteiger partial charge in [-0.05, 0) is 5.56 Å². The second-order valence-corrected chi connectivity index (χ2v) is 3.46. The molecule has 0 aliphatic rings. The Morgan fingerprint density at radius 1 is 1.20 bits per heavy atom. The third-order valence-corrected chi connectivity index (χ3v) is 2.23. The highest BCUT2D eigenvalue weighted by atomic mass is 15.1. The fourth-order valence-electron chi connectivity index (χ4n) is 1.50. The number of nitriles is 1. The van der Waals surface area contributed by atoms with Gasteiger partial charge in [-0.1, -0.05) is 30.3 Å². The summed E-state index contributed by atoms with van der Waals surface area (Å²) in [7, 11) is 0. The van der Waals surface area contributed by atoms with E-state index in [0.29, 0.717) is 13.0 Å². The number of hydrogen-bond donors (Lipinski definition) is 1. The first-order chi connectivity index (χ1) is 7.36.